The van der Waals surface area contributed by atoms with E-state index in [0.717, 1.165) is 6.07 Å². The highest BCUT2D eigenvalue weighted by Crippen LogP contribution is 2.27. The molecule has 1 unspecified atom stereocenters. The second-order valence-electron chi connectivity index (χ2n) is 4.46. The highest BCUT2D eigenvalue weighted by atomic mass is 16.6. The summed E-state index contributed by atoms with van der Waals surface area (Å²) in [5.74, 6) is -0.931. The van der Waals surface area contributed by atoms with Crippen LogP contribution < -0.4 is 10.6 Å². The fraction of sp³-hybridized carbons (Fsp3) is 0.333. The van der Waals surface area contributed by atoms with Crippen LogP contribution in [0.15, 0.2) is 18.2 Å². The summed E-state index contributed by atoms with van der Waals surface area (Å²) in [4.78, 5) is 34.9. The molecule has 1 aliphatic heterocycles. The van der Waals surface area contributed by atoms with Crippen LogP contribution in [-0.4, -0.2) is 36.5 Å². The molecule has 1 heterocycles. The van der Waals surface area contributed by atoms with Crippen LogP contribution >= 0.6 is 0 Å². The number of ether oxygens (including phenoxy) is 1. The zero-order valence-corrected chi connectivity index (χ0v) is 10.7. The number of esters is 1. The first-order chi connectivity index (χ1) is 9.42. The maximum atomic E-state index is 11.8. The van der Waals surface area contributed by atoms with Crippen LogP contribution in [0.1, 0.15) is 16.8 Å². The van der Waals surface area contributed by atoms with E-state index in [-0.39, 0.29) is 41.9 Å². The average Bonchev–Trinajstić information content (AvgIpc) is 2.76. The highest BCUT2D eigenvalue weighted by Gasteiger charge is 2.29. The third-order valence-corrected chi connectivity index (χ3v) is 3.00. The first kappa shape index (κ1) is 13.9. The summed E-state index contributed by atoms with van der Waals surface area (Å²) in [6.45, 7) is 0.264. The largest absolute Gasteiger partial charge is 0.465 e. The van der Waals surface area contributed by atoms with Crippen LogP contribution in [0.5, 0.6) is 0 Å². The number of methoxy groups -OCH3 is 1. The number of rotatable bonds is 3. The van der Waals surface area contributed by atoms with Gasteiger partial charge < -0.3 is 15.4 Å². The molecule has 2 N–H and O–H groups in total. The molecule has 1 aromatic rings. The molecule has 0 bridgehead atoms. The minimum atomic E-state index is -0.703. The van der Waals surface area contributed by atoms with Gasteiger partial charge in [0.1, 0.15) is 0 Å². The van der Waals surface area contributed by atoms with Crippen LogP contribution in [0.4, 0.5) is 11.4 Å². The smallest absolute Gasteiger partial charge is 0.338 e. The van der Waals surface area contributed by atoms with E-state index in [4.69, 9.17) is 5.73 Å². The Morgan fingerprint density at radius 1 is 1.50 bits per heavy atom. The molecular weight excluding hydrogens is 266 g/mol. The van der Waals surface area contributed by atoms with Gasteiger partial charge in [-0.1, -0.05) is 0 Å². The Bertz CT molecular complexity index is 586. The molecule has 0 aliphatic carbocycles. The zero-order chi connectivity index (χ0) is 14.9. The summed E-state index contributed by atoms with van der Waals surface area (Å²) in [5, 5.41) is 10.9. The molecule has 8 nitrogen and oxygen atoms in total. The summed E-state index contributed by atoms with van der Waals surface area (Å²) < 4.78 is 4.55. The highest BCUT2D eigenvalue weighted by molar-refractivity contribution is 5.98. The number of hydrogen-bond donors (Lipinski definition) is 1. The molecule has 20 heavy (non-hydrogen) atoms. The molecule has 106 valence electrons. The predicted octanol–water partition coefficient (Wildman–Crippen LogP) is 0.445. The number of amides is 1. The van der Waals surface area contributed by atoms with Gasteiger partial charge in [0, 0.05) is 31.1 Å². The number of anilines is 1. The zero-order valence-electron chi connectivity index (χ0n) is 10.7. The van der Waals surface area contributed by atoms with Gasteiger partial charge in [0.05, 0.1) is 23.3 Å². The lowest BCUT2D eigenvalue weighted by atomic mass is 10.1. The standard InChI is InChI=1S/C12H13N3O5/c1-20-12(17)7-2-9(5-10(3-7)15(18)19)14-6-8(13)4-11(14)16/h2-3,5,8H,4,6,13H2,1H3. The van der Waals surface area contributed by atoms with E-state index in [0.29, 0.717) is 0 Å². The minimum Gasteiger partial charge on any atom is -0.465 e. The van der Waals surface area contributed by atoms with Crippen LogP contribution in [0.2, 0.25) is 0 Å². The van der Waals surface area contributed by atoms with Crippen molar-refractivity contribution < 1.29 is 19.2 Å². The van der Waals surface area contributed by atoms with Gasteiger partial charge in [0.2, 0.25) is 5.91 Å². The molecule has 0 saturated carbocycles. The van der Waals surface area contributed by atoms with Crippen LogP contribution in [0, 0.1) is 10.1 Å². The first-order valence-corrected chi connectivity index (χ1v) is 5.86. The number of non-ortho nitro benzene ring substituents is 1. The van der Waals surface area contributed by atoms with E-state index in [1.807, 2.05) is 0 Å². The predicted molar refractivity (Wildman–Crippen MR) is 69.4 cm³/mol. The fourth-order valence-corrected chi connectivity index (χ4v) is 2.08. The van der Waals surface area contributed by atoms with Gasteiger partial charge in [-0.25, -0.2) is 4.79 Å². The van der Waals surface area contributed by atoms with Crippen molar-refractivity contribution in [3.05, 3.63) is 33.9 Å². The lowest BCUT2D eigenvalue weighted by Crippen LogP contribution is -2.28. The number of carbonyl (C=O) groups is 2. The van der Waals surface area contributed by atoms with Crippen molar-refractivity contribution in [1.82, 2.24) is 0 Å². The fourth-order valence-electron chi connectivity index (χ4n) is 2.08. The van der Waals surface area contributed by atoms with Gasteiger partial charge in [0.25, 0.3) is 5.69 Å². The molecule has 1 atom stereocenters. The second-order valence-corrected chi connectivity index (χ2v) is 4.46. The molecule has 0 spiro atoms. The van der Waals surface area contributed by atoms with E-state index in [1.165, 1.54) is 24.1 Å². The van der Waals surface area contributed by atoms with Gasteiger partial charge >= 0.3 is 5.97 Å². The summed E-state index contributed by atoms with van der Waals surface area (Å²) in [7, 11) is 1.18. The Balaban J connectivity index is 2.47. The third kappa shape index (κ3) is 2.59. The van der Waals surface area contributed by atoms with E-state index in [9.17, 15) is 19.7 Å². The Hall–Kier alpha value is -2.48. The molecule has 1 amide bonds. The van der Waals surface area contributed by atoms with E-state index < -0.39 is 10.9 Å². The summed E-state index contributed by atoms with van der Waals surface area (Å²) in [6.07, 6.45) is 0.177. The van der Waals surface area contributed by atoms with Gasteiger partial charge in [-0.15, -0.1) is 0 Å². The Morgan fingerprint density at radius 3 is 2.70 bits per heavy atom. The van der Waals surface area contributed by atoms with Gasteiger partial charge in [-0.2, -0.15) is 0 Å². The number of benzene rings is 1. The number of nitro groups is 1. The molecular formula is C12H13N3O5. The second kappa shape index (κ2) is 5.25. The molecule has 1 saturated heterocycles. The Kier molecular flexibility index (Phi) is 3.66. The molecule has 2 rings (SSSR count). The minimum absolute atomic E-state index is 0.0185. The Morgan fingerprint density at radius 2 is 2.20 bits per heavy atom. The molecule has 1 fully saturated rings. The third-order valence-electron chi connectivity index (χ3n) is 3.00. The van der Waals surface area contributed by atoms with Crippen LogP contribution in [0.25, 0.3) is 0 Å². The average molecular weight is 279 g/mol. The maximum absolute atomic E-state index is 11.8. The number of nitrogens with zero attached hydrogens (tertiary/aromatic N) is 2. The van der Waals surface area contributed by atoms with Crippen molar-refractivity contribution in [2.75, 3.05) is 18.6 Å². The van der Waals surface area contributed by atoms with E-state index in [1.54, 1.807) is 0 Å². The van der Waals surface area contributed by atoms with Gasteiger partial charge in [-0.05, 0) is 6.07 Å². The number of nitrogens with two attached hydrogens (primary N) is 1. The summed E-state index contributed by atoms with van der Waals surface area (Å²) in [5.41, 5.74) is 5.70. The van der Waals surface area contributed by atoms with Crippen molar-refractivity contribution in [3.63, 3.8) is 0 Å². The molecule has 1 aromatic carbocycles. The van der Waals surface area contributed by atoms with Gasteiger partial charge in [-0.3, -0.25) is 14.9 Å². The monoisotopic (exact) mass is 279 g/mol. The SMILES string of the molecule is COC(=O)c1cc(N2CC(N)CC2=O)cc([N+](=O)[O-])c1. The van der Waals surface area contributed by atoms with Crippen molar-refractivity contribution in [3.8, 4) is 0 Å². The first-order valence-electron chi connectivity index (χ1n) is 5.86. The van der Waals surface area contributed by atoms with Crippen molar-refractivity contribution >= 4 is 23.3 Å². The van der Waals surface area contributed by atoms with Crippen molar-refractivity contribution in [2.45, 2.75) is 12.5 Å². The van der Waals surface area contributed by atoms with Crippen LogP contribution in [0.3, 0.4) is 0 Å². The number of nitro benzene ring substituents is 1. The normalized spacial score (nSPS) is 18.2. The topological polar surface area (TPSA) is 116 Å². The Labute approximate surface area is 114 Å². The van der Waals surface area contributed by atoms with Crippen molar-refractivity contribution in [2.24, 2.45) is 5.73 Å². The van der Waals surface area contributed by atoms with Crippen molar-refractivity contribution in [1.29, 1.82) is 0 Å². The van der Waals surface area contributed by atoms with E-state index in [2.05, 4.69) is 4.74 Å². The maximum Gasteiger partial charge on any atom is 0.338 e. The summed E-state index contributed by atoms with van der Waals surface area (Å²) >= 11 is 0. The molecule has 8 heteroatoms. The number of carbonyl (C=O) groups excluding carboxylic acids is 2. The van der Waals surface area contributed by atoms with E-state index >= 15 is 0 Å². The van der Waals surface area contributed by atoms with Crippen LogP contribution in [-0.2, 0) is 9.53 Å². The lowest BCUT2D eigenvalue weighted by molar-refractivity contribution is -0.384. The quantitative estimate of drug-likeness (QED) is 0.487. The lowest BCUT2D eigenvalue weighted by Gasteiger charge is -2.16. The molecule has 0 aromatic heterocycles. The summed E-state index contributed by atoms with van der Waals surface area (Å²) in [6, 6.07) is 3.41. The molecule has 1 aliphatic rings. The van der Waals surface area contributed by atoms with Gasteiger partial charge in [0.15, 0.2) is 0 Å². The number of hydrogen-bond acceptors (Lipinski definition) is 6. The molecule has 0 radical (unpaired) electrons.